The van der Waals surface area contributed by atoms with E-state index in [9.17, 15) is 9.59 Å². The van der Waals surface area contributed by atoms with Crippen LogP contribution in [0.3, 0.4) is 0 Å². The van der Waals surface area contributed by atoms with Crippen LogP contribution in [0.5, 0.6) is 0 Å². The molecular weight excluding hydrogens is 370 g/mol. The maximum atomic E-state index is 12.7. The molecular formula is C19H22ClN3O2S. The summed E-state index contributed by atoms with van der Waals surface area (Å²) in [6.07, 6.45) is 4.32. The zero-order valence-corrected chi connectivity index (χ0v) is 16.5. The monoisotopic (exact) mass is 391 g/mol. The fourth-order valence-electron chi connectivity index (χ4n) is 3.05. The fraction of sp³-hybridized carbons (Fsp3) is 0.421. The van der Waals surface area contributed by atoms with Crippen molar-refractivity contribution in [1.82, 2.24) is 9.97 Å². The molecule has 1 aliphatic carbocycles. The van der Waals surface area contributed by atoms with Crippen LogP contribution in [0.15, 0.2) is 28.2 Å². The van der Waals surface area contributed by atoms with Crippen molar-refractivity contribution in [2.24, 2.45) is 0 Å². The summed E-state index contributed by atoms with van der Waals surface area (Å²) < 4.78 is 0. The number of rotatable bonds is 5. The molecule has 0 bridgehead atoms. The van der Waals surface area contributed by atoms with Gasteiger partial charge in [-0.1, -0.05) is 36.4 Å². The van der Waals surface area contributed by atoms with Gasteiger partial charge in [-0.05, 0) is 56.7 Å². The summed E-state index contributed by atoms with van der Waals surface area (Å²) >= 11 is 7.42. The van der Waals surface area contributed by atoms with Crippen molar-refractivity contribution < 1.29 is 4.79 Å². The van der Waals surface area contributed by atoms with Gasteiger partial charge in [0.05, 0.1) is 10.9 Å². The highest BCUT2D eigenvalue weighted by molar-refractivity contribution is 8.00. The number of aromatic nitrogens is 2. The Hall–Kier alpha value is -1.79. The van der Waals surface area contributed by atoms with Crippen LogP contribution < -0.4 is 10.9 Å². The number of hydrogen-bond acceptors (Lipinski definition) is 4. The Morgan fingerprint density at radius 2 is 2.15 bits per heavy atom. The van der Waals surface area contributed by atoms with Crippen LogP contribution in [0.25, 0.3) is 0 Å². The lowest BCUT2D eigenvalue weighted by atomic mass is 9.97. The van der Waals surface area contributed by atoms with E-state index in [1.54, 1.807) is 6.07 Å². The minimum Gasteiger partial charge on any atom is -0.325 e. The van der Waals surface area contributed by atoms with Crippen molar-refractivity contribution in [3.63, 3.8) is 0 Å². The molecule has 1 aliphatic rings. The standard InChI is InChI=1S/C19H22ClN3O2S/c1-3-16(18(25)21-14-10-6-8-13(20)11(14)2)26-19-22-15-9-5-4-7-12(15)17(24)23-19/h6,8,10,16H,3-5,7,9H2,1-2H3,(H,21,25)(H,22,23,24). The van der Waals surface area contributed by atoms with Gasteiger partial charge in [-0.3, -0.25) is 9.59 Å². The number of anilines is 1. The molecule has 1 atom stereocenters. The molecule has 2 N–H and O–H groups in total. The number of nitrogens with one attached hydrogen (secondary N) is 2. The first-order chi connectivity index (χ1) is 12.5. The number of carbonyl (C=O) groups is 1. The summed E-state index contributed by atoms with van der Waals surface area (Å²) in [4.78, 5) is 32.4. The van der Waals surface area contributed by atoms with E-state index in [2.05, 4.69) is 15.3 Å². The molecule has 26 heavy (non-hydrogen) atoms. The fourth-order valence-corrected chi connectivity index (χ4v) is 4.14. The van der Waals surface area contributed by atoms with Crippen molar-refractivity contribution >= 4 is 35.0 Å². The number of benzene rings is 1. The van der Waals surface area contributed by atoms with Crippen molar-refractivity contribution in [3.8, 4) is 0 Å². The van der Waals surface area contributed by atoms with Crippen molar-refractivity contribution in [2.75, 3.05) is 5.32 Å². The van der Waals surface area contributed by atoms with Crippen molar-refractivity contribution in [2.45, 2.75) is 56.4 Å². The van der Waals surface area contributed by atoms with Crippen molar-refractivity contribution in [1.29, 1.82) is 0 Å². The van der Waals surface area contributed by atoms with Gasteiger partial charge in [0.15, 0.2) is 5.16 Å². The maximum Gasteiger partial charge on any atom is 0.254 e. The molecule has 1 amide bonds. The van der Waals surface area contributed by atoms with Gasteiger partial charge in [0.2, 0.25) is 5.91 Å². The molecule has 1 aromatic heterocycles. The Labute approximate surface area is 162 Å². The second-order valence-corrected chi connectivity index (χ2v) is 8.02. The lowest BCUT2D eigenvalue weighted by molar-refractivity contribution is -0.115. The number of H-pyrrole nitrogens is 1. The molecule has 5 nitrogen and oxygen atoms in total. The van der Waals surface area contributed by atoms with Crippen LogP contribution in [0.4, 0.5) is 5.69 Å². The summed E-state index contributed by atoms with van der Waals surface area (Å²) in [6.45, 7) is 3.81. The quantitative estimate of drug-likeness (QED) is 0.593. The third kappa shape index (κ3) is 4.13. The molecule has 1 unspecified atom stereocenters. The van der Waals surface area contributed by atoms with Gasteiger partial charge in [-0.25, -0.2) is 4.98 Å². The predicted octanol–water partition coefficient (Wildman–Crippen LogP) is 4.12. The summed E-state index contributed by atoms with van der Waals surface area (Å²) in [5.41, 5.74) is 3.14. The summed E-state index contributed by atoms with van der Waals surface area (Å²) in [6, 6.07) is 5.43. The number of fused-ring (bicyclic) bond motifs is 1. The normalized spacial score (nSPS) is 14.6. The number of carbonyl (C=O) groups excluding carboxylic acids is 1. The smallest absolute Gasteiger partial charge is 0.254 e. The van der Waals surface area contributed by atoms with Gasteiger partial charge in [0, 0.05) is 16.3 Å². The van der Waals surface area contributed by atoms with Crippen LogP contribution in [0.2, 0.25) is 5.02 Å². The van der Waals surface area contributed by atoms with Crippen LogP contribution >= 0.6 is 23.4 Å². The van der Waals surface area contributed by atoms with Gasteiger partial charge in [0.25, 0.3) is 5.56 Å². The Balaban J connectivity index is 1.77. The van der Waals surface area contributed by atoms with E-state index < -0.39 is 0 Å². The maximum absolute atomic E-state index is 12.7. The first-order valence-electron chi connectivity index (χ1n) is 8.84. The molecule has 0 fully saturated rings. The topological polar surface area (TPSA) is 74.8 Å². The summed E-state index contributed by atoms with van der Waals surface area (Å²) in [7, 11) is 0. The van der Waals surface area contributed by atoms with Crippen LogP contribution in [0, 0.1) is 6.92 Å². The predicted molar refractivity (Wildman–Crippen MR) is 106 cm³/mol. The summed E-state index contributed by atoms with van der Waals surface area (Å²) in [5, 5.41) is 3.72. The number of halogens is 1. The Bertz CT molecular complexity index is 882. The van der Waals surface area contributed by atoms with E-state index >= 15 is 0 Å². The molecule has 0 radical (unpaired) electrons. The molecule has 0 saturated heterocycles. The van der Waals surface area contributed by atoms with Crippen LogP contribution in [0.1, 0.15) is 43.0 Å². The second-order valence-electron chi connectivity index (χ2n) is 6.42. The third-order valence-corrected chi connectivity index (χ3v) is 6.27. The number of nitrogens with zero attached hydrogens (tertiary/aromatic N) is 1. The number of aromatic amines is 1. The van der Waals surface area contributed by atoms with Gasteiger partial charge in [0.1, 0.15) is 0 Å². The van der Waals surface area contributed by atoms with Crippen molar-refractivity contribution in [3.05, 3.63) is 50.4 Å². The number of aryl methyl sites for hydroxylation is 1. The minimum absolute atomic E-state index is 0.0712. The SMILES string of the molecule is CCC(Sc1nc2c(c(=O)[nH]1)CCCC2)C(=O)Nc1cccc(Cl)c1C. The molecule has 2 aromatic rings. The van der Waals surface area contributed by atoms with Gasteiger partial charge < -0.3 is 10.3 Å². The van der Waals surface area contributed by atoms with E-state index in [-0.39, 0.29) is 16.7 Å². The average molecular weight is 392 g/mol. The molecule has 3 rings (SSSR count). The molecule has 0 saturated carbocycles. The third-order valence-electron chi connectivity index (χ3n) is 4.61. The highest BCUT2D eigenvalue weighted by atomic mass is 35.5. The van der Waals surface area contributed by atoms with Crippen LogP contribution in [-0.4, -0.2) is 21.1 Å². The van der Waals surface area contributed by atoms with E-state index in [0.717, 1.165) is 42.5 Å². The molecule has 1 aromatic carbocycles. The largest absolute Gasteiger partial charge is 0.325 e. The van der Waals surface area contributed by atoms with Crippen LogP contribution in [-0.2, 0) is 17.6 Å². The molecule has 7 heteroatoms. The molecule has 0 spiro atoms. The van der Waals surface area contributed by atoms with E-state index in [1.165, 1.54) is 11.8 Å². The van der Waals surface area contributed by atoms with Gasteiger partial charge in [-0.2, -0.15) is 0 Å². The first kappa shape index (κ1) is 19.0. The molecule has 138 valence electrons. The van der Waals surface area contributed by atoms with Gasteiger partial charge in [-0.15, -0.1) is 0 Å². The molecule has 1 heterocycles. The highest BCUT2D eigenvalue weighted by Crippen LogP contribution is 2.27. The number of thioether (sulfide) groups is 1. The lowest BCUT2D eigenvalue weighted by Crippen LogP contribution is -2.27. The van der Waals surface area contributed by atoms with E-state index in [1.807, 2.05) is 26.0 Å². The van der Waals surface area contributed by atoms with E-state index in [0.29, 0.717) is 22.3 Å². The lowest BCUT2D eigenvalue weighted by Gasteiger charge is -2.18. The number of amides is 1. The zero-order valence-electron chi connectivity index (χ0n) is 14.9. The second kappa shape index (κ2) is 8.27. The minimum atomic E-state index is -0.349. The summed E-state index contributed by atoms with van der Waals surface area (Å²) in [5.74, 6) is -0.122. The zero-order chi connectivity index (χ0) is 18.7. The Morgan fingerprint density at radius 3 is 2.92 bits per heavy atom. The average Bonchev–Trinajstić information content (AvgIpc) is 2.63. The molecule has 0 aliphatic heterocycles. The highest BCUT2D eigenvalue weighted by Gasteiger charge is 2.22. The van der Waals surface area contributed by atoms with Gasteiger partial charge >= 0.3 is 0 Å². The Kier molecular flexibility index (Phi) is 6.04. The Morgan fingerprint density at radius 1 is 1.38 bits per heavy atom. The van der Waals surface area contributed by atoms with E-state index in [4.69, 9.17) is 11.6 Å². The first-order valence-corrected chi connectivity index (χ1v) is 10.1. The number of hydrogen-bond donors (Lipinski definition) is 2.